The molecule has 0 unspecified atom stereocenters. The summed E-state index contributed by atoms with van der Waals surface area (Å²) in [6.45, 7) is 5.24. The Hall–Kier alpha value is -2.97. The van der Waals surface area contributed by atoms with Crippen LogP contribution < -0.4 is 4.90 Å². The summed E-state index contributed by atoms with van der Waals surface area (Å²) in [6.07, 6.45) is 0. The molecule has 0 N–H and O–H groups in total. The molecule has 172 valence electrons. The second-order valence-corrected chi connectivity index (χ2v) is 8.42. The van der Waals surface area contributed by atoms with Crippen LogP contribution >= 0.6 is 23.2 Å². The number of nitrogens with zero attached hydrogens (tertiary/aromatic N) is 4. The molecule has 2 aromatic carbocycles. The number of amides is 1. The number of carbonyl (C=O) groups is 2. The highest BCUT2D eigenvalue weighted by Crippen LogP contribution is 2.29. The summed E-state index contributed by atoms with van der Waals surface area (Å²) in [4.78, 5) is 38.2. The zero-order chi connectivity index (χ0) is 23.7. The van der Waals surface area contributed by atoms with E-state index in [2.05, 4.69) is 9.97 Å². The van der Waals surface area contributed by atoms with Gasteiger partial charge in [0.2, 0.25) is 0 Å². The molecular formula is C23H21Cl2FN4O3. The number of halogens is 3. The van der Waals surface area contributed by atoms with Gasteiger partial charge in [-0.25, -0.2) is 19.2 Å². The van der Waals surface area contributed by atoms with E-state index in [9.17, 15) is 14.0 Å². The normalized spacial score (nSPS) is 14.0. The first-order chi connectivity index (χ1) is 15.8. The van der Waals surface area contributed by atoms with E-state index in [0.29, 0.717) is 64.2 Å². The third kappa shape index (κ3) is 4.72. The Labute approximate surface area is 200 Å². The topological polar surface area (TPSA) is 75.6 Å². The Morgan fingerprint density at radius 1 is 1.03 bits per heavy atom. The van der Waals surface area contributed by atoms with Gasteiger partial charge in [0.05, 0.1) is 27.7 Å². The highest BCUT2D eigenvalue weighted by atomic mass is 35.5. The van der Waals surface area contributed by atoms with Gasteiger partial charge in [0, 0.05) is 31.7 Å². The van der Waals surface area contributed by atoms with Gasteiger partial charge in [-0.3, -0.25) is 4.79 Å². The minimum absolute atomic E-state index is 0.0727. The fourth-order valence-corrected chi connectivity index (χ4v) is 4.03. The van der Waals surface area contributed by atoms with E-state index in [1.807, 2.05) is 4.90 Å². The molecule has 33 heavy (non-hydrogen) atoms. The fourth-order valence-electron chi connectivity index (χ4n) is 3.72. The van der Waals surface area contributed by atoms with Gasteiger partial charge in [-0.05, 0) is 43.7 Å². The van der Waals surface area contributed by atoms with E-state index in [4.69, 9.17) is 27.9 Å². The van der Waals surface area contributed by atoms with Gasteiger partial charge in [-0.1, -0.05) is 29.3 Å². The number of piperazine rings is 1. The molecule has 0 aliphatic carbocycles. The second-order valence-electron chi connectivity index (χ2n) is 7.61. The van der Waals surface area contributed by atoms with Crippen molar-refractivity contribution in [3.8, 4) is 0 Å². The summed E-state index contributed by atoms with van der Waals surface area (Å²) in [5.74, 6) is -0.926. The number of hydrogen-bond donors (Lipinski definition) is 0. The number of fused-ring (bicyclic) bond motifs is 1. The molecule has 4 rings (SSSR count). The minimum Gasteiger partial charge on any atom is -0.461 e. The van der Waals surface area contributed by atoms with Crippen molar-refractivity contribution in [1.82, 2.24) is 14.9 Å². The summed E-state index contributed by atoms with van der Waals surface area (Å²) in [6, 6.07) is 7.33. The predicted molar refractivity (Wildman–Crippen MR) is 125 cm³/mol. The lowest BCUT2D eigenvalue weighted by Gasteiger charge is -2.36. The molecule has 1 fully saturated rings. The van der Waals surface area contributed by atoms with Crippen molar-refractivity contribution in [3.05, 3.63) is 63.0 Å². The van der Waals surface area contributed by atoms with E-state index in [1.54, 1.807) is 36.9 Å². The maximum absolute atomic E-state index is 13.7. The molecule has 1 aliphatic rings. The number of ether oxygens (including phenoxy) is 1. The molecule has 1 amide bonds. The number of esters is 1. The first kappa shape index (κ1) is 23.2. The monoisotopic (exact) mass is 490 g/mol. The van der Waals surface area contributed by atoms with E-state index in [-0.39, 0.29) is 18.2 Å². The van der Waals surface area contributed by atoms with Gasteiger partial charge in [0.1, 0.15) is 5.82 Å². The second kappa shape index (κ2) is 9.49. The summed E-state index contributed by atoms with van der Waals surface area (Å²) >= 11 is 12.2. The maximum Gasteiger partial charge on any atom is 0.360 e. The molecule has 0 radical (unpaired) electrons. The number of rotatable bonds is 4. The fraction of sp³-hybridized carbons (Fsp3) is 0.304. The SMILES string of the molecule is CCOC(=O)c1nc2cc(Cl)c(Cl)cc2nc1N1CCN(C(=O)c2cc(F)ccc2C)CC1. The Morgan fingerprint density at radius 2 is 1.67 bits per heavy atom. The smallest absolute Gasteiger partial charge is 0.360 e. The Balaban J connectivity index is 1.62. The molecule has 1 aromatic heterocycles. The van der Waals surface area contributed by atoms with Crippen molar-refractivity contribution in [1.29, 1.82) is 0 Å². The van der Waals surface area contributed by atoms with Crippen LogP contribution in [0.15, 0.2) is 30.3 Å². The van der Waals surface area contributed by atoms with Crippen LogP contribution in [0.3, 0.4) is 0 Å². The Bertz CT molecular complexity index is 1250. The van der Waals surface area contributed by atoms with Gasteiger partial charge in [0.15, 0.2) is 11.5 Å². The molecule has 0 saturated carbocycles. The summed E-state index contributed by atoms with van der Waals surface area (Å²) < 4.78 is 18.8. The maximum atomic E-state index is 13.7. The van der Waals surface area contributed by atoms with Gasteiger partial charge in [0.25, 0.3) is 5.91 Å². The van der Waals surface area contributed by atoms with Gasteiger partial charge >= 0.3 is 5.97 Å². The summed E-state index contributed by atoms with van der Waals surface area (Å²) in [5.41, 5.74) is 2.04. The molecular weight excluding hydrogens is 470 g/mol. The lowest BCUT2D eigenvalue weighted by Crippen LogP contribution is -2.49. The summed E-state index contributed by atoms with van der Waals surface area (Å²) in [5, 5.41) is 0.634. The lowest BCUT2D eigenvalue weighted by molar-refractivity contribution is 0.0519. The standard InChI is InChI=1S/C23H21Cl2FN4O3/c1-3-33-23(32)20-21(28-19-12-17(25)16(24)11-18(19)27-20)29-6-8-30(9-7-29)22(31)15-10-14(26)5-4-13(15)2/h4-5,10-12H,3,6-9H2,1-2H3. The van der Waals surface area contributed by atoms with Crippen LogP contribution in [0.4, 0.5) is 10.2 Å². The van der Waals surface area contributed by atoms with Crippen LogP contribution in [0.1, 0.15) is 33.3 Å². The molecule has 3 aromatic rings. The number of carbonyl (C=O) groups excluding carboxylic acids is 2. The average Bonchev–Trinajstić information content (AvgIpc) is 2.80. The number of anilines is 1. The Morgan fingerprint density at radius 3 is 2.30 bits per heavy atom. The van der Waals surface area contributed by atoms with Crippen molar-refractivity contribution in [2.75, 3.05) is 37.7 Å². The van der Waals surface area contributed by atoms with Crippen molar-refractivity contribution in [2.24, 2.45) is 0 Å². The molecule has 0 atom stereocenters. The van der Waals surface area contributed by atoms with Crippen LogP contribution in [-0.4, -0.2) is 59.5 Å². The molecule has 7 nitrogen and oxygen atoms in total. The molecule has 1 saturated heterocycles. The zero-order valence-corrected chi connectivity index (χ0v) is 19.6. The average molecular weight is 491 g/mol. The largest absolute Gasteiger partial charge is 0.461 e. The lowest BCUT2D eigenvalue weighted by atomic mass is 10.1. The van der Waals surface area contributed by atoms with Crippen LogP contribution in [0, 0.1) is 12.7 Å². The zero-order valence-electron chi connectivity index (χ0n) is 18.1. The van der Waals surface area contributed by atoms with Crippen LogP contribution in [0.2, 0.25) is 10.0 Å². The van der Waals surface area contributed by atoms with Crippen molar-refractivity contribution >= 4 is 51.9 Å². The van der Waals surface area contributed by atoms with Crippen LogP contribution in [0.5, 0.6) is 0 Å². The number of aryl methyl sites for hydroxylation is 1. The van der Waals surface area contributed by atoms with Crippen LogP contribution in [-0.2, 0) is 4.74 Å². The first-order valence-corrected chi connectivity index (χ1v) is 11.2. The van der Waals surface area contributed by atoms with E-state index >= 15 is 0 Å². The number of benzene rings is 2. The molecule has 0 bridgehead atoms. The van der Waals surface area contributed by atoms with Crippen molar-refractivity contribution in [2.45, 2.75) is 13.8 Å². The van der Waals surface area contributed by atoms with Crippen molar-refractivity contribution in [3.63, 3.8) is 0 Å². The third-order valence-electron chi connectivity index (χ3n) is 5.45. The highest BCUT2D eigenvalue weighted by Gasteiger charge is 2.28. The molecule has 1 aliphatic heterocycles. The number of aromatic nitrogens is 2. The Kier molecular flexibility index (Phi) is 6.67. The van der Waals surface area contributed by atoms with E-state index in [1.165, 1.54) is 12.1 Å². The first-order valence-electron chi connectivity index (χ1n) is 10.4. The predicted octanol–water partition coefficient (Wildman–Crippen LogP) is 4.52. The van der Waals surface area contributed by atoms with Crippen LogP contribution in [0.25, 0.3) is 11.0 Å². The molecule has 2 heterocycles. The van der Waals surface area contributed by atoms with Crippen molar-refractivity contribution < 1.29 is 18.7 Å². The minimum atomic E-state index is -0.595. The van der Waals surface area contributed by atoms with Gasteiger partial charge in [-0.2, -0.15) is 0 Å². The highest BCUT2D eigenvalue weighted by molar-refractivity contribution is 6.42. The molecule has 0 spiro atoms. The number of hydrogen-bond acceptors (Lipinski definition) is 6. The van der Waals surface area contributed by atoms with E-state index < -0.39 is 11.8 Å². The summed E-state index contributed by atoms with van der Waals surface area (Å²) in [7, 11) is 0. The van der Waals surface area contributed by atoms with E-state index in [0.717, 1.165) is 0 Å². The third-order valence-corrected chi connectivity index (χ3v) is 6.18. The quantitative estimate of drug-likeness (QED) is 0.500. The van der Waals surface area contributed by atoms with Gasteiger partial charge < -0.3 is 14.5 Å². The van der Waals surface area contributed by atoms with Gasteiger partial charge in [-0.15, -0.1) is 0 Å². The molecule has 10 heteroatoms.